The van der Waals surface area contributed by atoms with Crippen molar-refractivity contribution in [3.05, 3.63) is 47.8 Å². The zero-order chi connectivity index (χ0) is 20.3. The second-order valence-electron chi connectivity index (χ2n) is 6.11. The van der Waals surface area contributed by atoms with Crippen molar-refractivity contribution < 1.29 is 17.9 Å². The molecule has 0 unspecified atom stereocenters. The summed E-state index contributed by atoms with van der Waals surface area (Å²) in [5, 5.41) is 2.85. The summed E-state index contributed by atoms with van der Waals surface area (Å²) in [7, 11) is -0.135. The minimum Gasteiger partial charge on any atom is -0.493 e. The van der Waals surface area contributed by atoms with Crippen LogP contribution < -0.4 is 13.8 Å². The summed E-state index contributed by atoms with van der Waals surface area (Å²) in [5.74, 6) is 1.38. The summed E-state index contributed by atoms with van der Waals surface area (Å²) >= 11 is 1.54. The Morgan fingerprint density at radius 2 is 1.75 bits per heavy atom. The van der Waals surface area contributed by atoms with Crippen LogP contribution in [0.25, 0.3) is 21.8 Å². The molecule has 0 aliphatic heterocycles. The molecule has 3 aromatic rings. The maximum Gasteiger partial charge on any atom is 0.231 e. The maximum absolute atomic E-state index is 11.7. The van der Waals surface area contributed by atoms with Crippen molar-refractivity contribution in [3.8, 4) is 33.3 Å². The Morgan fingerprint density at radius 1 is 1.07 bits per heavy atom. The molecule has 0 saturated carbocycles. The Balaban J connectivity index is 1.86. The van der Waals surface area contributed by atoms with Gasteiger partial charge in [0.15, 0.2) is 11.5 Å². The van der Waals surface area contributed by atoms with Crippen LogP contribution in [0.15, 0.2) is 47.8 Å². The molecule has 28 heavy (non-hydrogen) atoms. The van der Waals surface area contributed by atoms with E-state index in [1.165, 1.54) is 28.9 Å². The van der Waals surface area contributed by atoms with E-state index < -0.39 is 10.0 Å². The molecule has 1 heterocycles. The van der Waals surface area contributed by atoms with E-state index >= 15 is 0 Å². The smallest absolute Gasteiger partial charge is 0.231 e. The molecule has 1 aromatic heterocycles. The number of ether oxygens (including phenoxy) is 2. The molecule has 0 N–H and O–H groups in total. The van der Waals surface area contributed by atoms with Crippen molar-refractivity contribution in [1.29, 1.82) is 0 Å². The van der Waals surface area contributed by atoms with Gasteiger partial charge in [-0.2, -0.15) is 0 Å². The van der Waals surface area contributed by atoms with E-state index in [0.717, 1.165) is 21.8 Å². The van der Waals surface area contributed by atoms with Crippen LogP contribution in [-0.2, 0) is 10.0 Å². The predicted octanol–water partition coefficient (Wildman–Crippen LogP) is 4.28. The van der Waals surface area contributed by atoms with Gasteiger partial charge in [0.2, 0.25) is 10.0 Å². The van der Waals surface area contributed by atoms with Crippen LogP contribution in [0.1, 0.15) is 6.92 Å². The molecule has 0 fully saturated rings. The van der Waals surface area contributed by atoms with Crippen molar-refractivity contribution in [1.82, 2.24) is 4.98 Å². The van der Waals surface area contributed by atoms with E-state index in [2.05, 4.69) is 0 Å². The van der Waals surface area contributed by atoms with E-state index in [-0.39, 0.29) is 0 Å². The number of rotatable bonds is 7. The third-order valence-corrected chi connectivity index (χ3v) is 6.34. The van der Waals surface area contributed by atoms with Gasteiger partial charge < -0.3 is 9.47 Å². The minimum absolute atomic E-state index is 0.571. The molecule has 3 rings (SSSR count). The molecule has 0 amide bonds. The Morgan fingerprint density at radius 3 is 2.36 bits per heavy atom. The van der Waals surface area contributed by atoms with Crippen LogP contribution in [-0.4, -0.2) is 40.4 Å². The molecule has 0 atom stereocenters. The number of sulfonamides is 1. The number of benzene rings is 2. The minimum atomic E-state index is -3.28. The van der Waals surface area contributed by atoms with Crippen LogP contribution in [0, 0.1) is 0 Å². The Kier molecular flexibility index (Phi) is 5.90. The third-order valence-electron chi connectivity index (χ3n) is 4.24. The number of nitrogens with zero attached hydrogens (tertiary/aromatic N) is 2. The van der Waals surface area contributed by atoms with Gasteiger partial charge in [0.1, 0.15) is 5.01 Å². The van der Waals surface area contributed by atoms with Gasteiger partial charge in [0.25, 0.3) is 0 Å². The number of methoxy groups -OCH3 is 1. The Hall–Kier alpha value is -2.58. The van der Waals surface area contributed by atoms with Crippen molar-refractivity contribution in [3.63, 3.8) is 0 Å². The summed E-state index contributed by atoms with van der Waals surface area (Å²) in [5.41, 5.74) is 3.32. The standard InChI is InChI=1S/C20H22N2O4S2/c1-5-26-18-11-8-15(12-19(18)25-3)20-21-17(13-27-20)14-6-9-16(10-7-14)22(2)28(4,23)24/h6-13H,5H2,1-4H3. The highest BCUT2D eigenvalue weighted by Crippen LogP contribution is 2.35. The summed E-state index contributed by atoms with van der Waals surface area (Å²) in [6.07, 6.45) is 1.18. The number of thiazole rings is 1. The molecule has 8 heteroatoms. The second-order valence-corrected chi connectivity index (χ2v) is 8.99. The van der Waals surface area contributed by atoms with Gasteiger partial charge in [-0.3, -0.25) is 4.31 Å². The van der Waals surface area contributed by atoms with Gasteiger partial charge >= 0.3 is 0 Å². The molecule has 148 valence electrons. The molecule has 0 radical (unpaired) electrons. The van der Waals surface area contributed by atoms with E-state index in [9.17, 15) is 8.42 Å². The first kappa shape index (κ1) is 20.2. The van der Waals surface area contributed by atoms with Crippen LogP contribution >= 0.6 is 11.3 Å². The normalized spacial score (nSPS) is 11.3. The molecule has 0 saturated heterocycles. The highest BCUT2D eigenvalue weighted by atomic mass is 32.2. The summed E-state index contributed by atoms with van der Waals surface area (Å²) in [6, 6.07) is 13.0. The zero-order valence-corrected chi connectivity index (χ0v) is 17.8. The van der Waals surface area contributed by atoms with E-state index in [1.54, 1.807) is 19.2 Å². The first-order valence-electron chi connectivity index (χ1n) is 8.64. The molecule has 0 spiro atoms. The first-order valence-corrected chi connectivity index (χ1v) is 11.4. The Labute approximate surface area is 169 Å². The van der Waals surface area contributed by atoms with E-state index in [1.807, 2.05) is 42.6 Å². The lowest BCUT2D eigenvalue weighted by Gasteiger charge is -2.16. The molecule has 0 bridgehead atoms. The average molecular weight is 419 g/mol. The lowest BCUT2D eigenvalue weighted by atomic mass is 10.1. The lowest BCUT2D eigenvalue weighted by molar-refractivity contribution is 0.311. The Bertz CT molecular complexity index is 1060. The van der Waals surface area contributed by atoms with Gasteiger partial charge in [0.05, 0.1) is 31.4 Å². The molecule has 2 aromatic carbocycles. The third kappa shape index (κ3) is 4.28. The molecule has 6 nitrogen and oxygen atoms in total. The van der Waals surface area contributed by atoms with Crippen molar-refractivity contribution >= 4 is 27.0 Å². The monoisotopic (exact) mass is 418 g/mol. The molecular weight excluding hydrogens is 396 g/mol. The van der Waals surface area contributed by atoms with Gasteiger partial charge in [-0.25, -0.2) is 13.4 Å². The van der Waals surface area contributed by atoms with Crippen molar-refractivity contribution in [2.75, 3.05) is 31.3 Å². The van der Waals surface area contributed by atoms with Crippen LogP contribution in [0.2, 0.25) is 0 Å². The van der Waals surface area contributed by atoms with Gasteiger partial charge in [0, 0.05) is 23.6 Å². The van der Waals surface area contributed by atoms with Crippen LogP contribution in [0.3, 0.4) is 0 Å². The SMILES string of the molecule is CCOc1ccc(-c2nc(-c3ccc(N(C)S(C)(=O)=O)cc3)cs2)cc1OC. The average Bonchev–Trinajstić information content (AvgIpc) is 3.17. The van der Waals surface area contributed by atoms with Crippen molar-refractivity contribution in [2.45, 2.75) is 6.92 Å². The van der Waals surface area contributed by atoms with Gasteiger partial charge in [-0.05, 0) is 37.3 Å². The molecule has 0 aliphatic carbocycles. The van der Waals surface area contributed by atoms with Crippen LogP contribution in [0.4, 0.5) is 5.69 Å². The summed E-state index contributed by atoms with van der Waals surface area (Å²) < 4.78 is 35.5. The van der Waals surface area contributed by atoms with Gasteiger partial charge in [-0.15, -0.1) is 11.3 Å². The molecular formula is C20H22N2O4S2. The number of hydrogen-bond donors (Lipinski definition) is 0. The number of hydrogen-bond acceptors (Lipinski definition) is 6. The molecule has 0 aliphatic rings. The zero-order valence-electron chi connectivity index (χ0n) is 16.2. The van der Waals surface area contributed by atoms with Gasteiger partial charge in [-0.1, -0.05) is 12.1 Å². The summed E-state index contributed by atoms with van der Waals surface area (Å²) in [6.45, 7) is 2.50. The van der Waals surface area contributed by atoms with Crippen molar-refractivity contribution in [2.24, 2.45) is 0 Å². The lowest BCUT2D eigenvalue weighted by Crippen LogP contribution is -2.24. The fraction of sp³-hybridized carbons (Fsp3) is 0.250. The number of anilines is 1. The fourth-order valence-electron chi connectivity index (χ4n) is 2.65. The quantitative estimate of drug-likeness (QED) is 0.573. The van der Waals surface area contributed by atoms with Crippen LogP contribution in [0.5, 0.6) is 11.5 Å². The fourth-order valence-corrected chi connectivity index (χ4v) is 3.98. The number of aromatic nitrogens is 1. The second kappa shape index (κ2) is 8.20. The van der Waals surface area contributed by atoms with E-state index in [0.29, 0.717) is 23.8 Å². The highest BCUT2D eigenvalue weighted by Gasteiger charge is 2.13. The topological polar surface area (TPSA) is 68.7 Å². The first-order chi connectivity index (χ1) is 13.3. The summed E-state index contributed by atoms with van der Waals surface area (Å²) in [4.78, 5) is 4.72. The highest BCUT2D eigenvalue weighted by molar-refractivity contribution is 7.92. The maximum atomic E-state index is 11.7. The largest absolute Gasteiger partial charge is 0.493 e. The van der Waals surface area contributed by atoms with E-state index in [4.69, 9.17) is 14.5 Å². The predicted molar refractivity (Wildman–Crippen MR) is 114 cm³/mol.